The quantitative estimate of drug-likeness (QED) is 0.347. The molecule has 0 aromatic heterocycles. The van der Waals surface area contributed by atoms with Crippen molar-refractivity contribution in [1.82, 2.24) is 0 Å². The van der Waals surface area contributed by atoms with Gasteiger partial charge in [-0.25, -0.2) is 4.79 Å². The summed E-state index contributed by atoms with van der Waals surface area (Å²) in [6.07, 6.45) is -0.970. The van der Waals surface area contributed by atoms with Crippen LogP contribution in [0, 0.1) is 0 Å². The minimum Gasteiger partial charge on any atom is -0.425 e. The van der Waals surface area contributed by atoms with Crippen LogP contribution in [0.25, 0.3) is 0 Å². The normalized spacial score (nSPS) is 12.4. The number of alkyl halides is 2. The number of esters is 1. The Bertz CT molecular complexity index is 295. The lowest BCUT2D eigenvalue weighted by molar-refractivity contribution is -0.141. The third-order valence-corrected chi connectivity index (χ3v) is 2.63. The van der Waals surface area contributed by atoms with Gasteiger partial charge in [0, 0.05) is 5.57 Å². The second-order valence-corrected chi connectivity index (χ2v) is 5.69. The molecule has 0 aliphatic rings. The summed E-state index contributed by atoms with van der Waals surface area (Å²) < 4.78 is 12.6. The van der Waals surface area contributed by atoms with Crippen LogP contribution in [0.1, 0.15) is 6.92 Å². The van der Waals surface area contributed by atoms with Gasteiger partial charge < -0.3 is 14.5 Å². The third-order valence-electron chi connectivity index (χ3n) is 0.981. The lowest BCUT2D eigenvalue weighted by Gasteiger charge is -2.20. The molecule has 0 heterocycles. The fourth-order valence-electron chi connectivity index (χ4n) is 0.495. The molecule has 0 amide bonds. The maximum Gasteiger partial charge on any atom is 0.335 e. The molecule has 0 aromatic carbocycles. The largest absolute Gasteiger partial charge is 0.425 e. The first kappa shape index (κ1) is 13.9. The van der Waals surface area contributed by atoms with Gasteiger partial charge in [-0.05, 0) is 6.92 Å². The lowest BCUT2D eigenvalue weighted by Crippen LogP contribution is -2.27. The molecule has 0 bridgehead atoms. The van der Waals surface area contributed by atoms with Gasteiger partial charge in [0.05, 0.1) is 0 Å². The zero-order valence-electron chi connectivity index (χ0n) is 7.24. The van der Waals surface area contributed by atoms with Crippen LogP contribution in [-0.4, -0.2) is 26.4 Å². The first-order chi connectivity index (χ1) is 6.03. The number of carbonyl (C=O) groups excluding carboxylic acids is 1. The fraction of sp³-hybridized carbons (Fsp3) is 0.500. The Labute approximate surface area is 90.8 Å². The molecule has 0 fully saturated rings. The molecule has 0 saturated heterocycles. The molecule has 82 valence electrons. The summed E-state index contributed by atoms with van der Waals surface area (Å²) in [6.45, 7) is 4.60. The monoisotopic (exact) mass is 262 g/mol. The van der Waals surface area contributed by atoms with Crippen LogP contribution < -0.4 is 0 Å². The number of hydrogen-bond donors (Lipinski definition) is 2. The van der Waals surface area contributed by atoms with Crippen LogP contribution in [-0.2, 0) is 14.1 Å². The summed E-state index contributed by atoms with van der Waals surface area (Å²) in [4.78, 5) is 28.0. The van der Waals surface area contributed by atoms with Crippen molar-refractivity contribution < 1.29 is 23.9 Å². The van der Waals surface area contributed by atoms with E-state index >= 15 is 0 Å². The summed E-state index contributed by atoms with van der Waals surface area (Å²) in [5, 5.41) is 0. The van der Waals surface area contributed by atoms with Gasteiger partial charge in [-0.3, -0.25) is 4.57 Å². The zero-order chi connectivity index (χ0) is 11.6. The Hall–Kier alpha value is -0.0600. The third kappa shape index (κ3) is 6.40. The first-order valence-electron chi connectivity index (χ1n) is 3.35. The van der Waals surface area contributed by atoms with E-state index in [1.807, 2.05) is 0 Å². The number of ether oxygens (including phenoxy) is 1. The summed E-state index contributed by atoms with van der Waals surface area (Å²) in [5.74, 6) is -0.913. The molecular formula is C6H9Cl2O5P. The van der Waals surface area contributed by atoms with Gasteiger partial charge >= 0.3 is 13.6 Å². The molecular weight excluding hydrogens is 254 g/mol. The SMILES string of the molecule is C=C(C)C(=O)OC(Cl)(Cl)CP(=O)(O)O. The lowest BCUT2D eigenvalue weighted by atomic mass is 10.4. The van der Waals surface area contributed by atoms with E-state index in [2.05, 4.69) is 11.3 Å². The van der Waals surface area contributed by atoms with Crippen LogP contribution in [0.2, 0.25) is 0 Å². The molecule has 14 heavy (non-hydrogen) atoms. The van der Waals surface area contributed by atoms with Crippen LogP contribution in [0.3, 0.4) is 0 Å². The second-order valence-electron chi connectivity index (χ2n) is 2.63. The Morgan fingerprint density at radius 2 is 2.00 bits per heavy atom. The number of hydrogen-bond acceptors (Lipinski definition) is 3. The van der Waals surface area contributed by atoms with Crippen molar-refractivity contribution in [3.63, 3.8) is 0 Å². The maximum absolute atomic E-state index is 10.9. The van der Waals surface area contributed by atoms with Crippen molar-refractivity contribution in [1.29, 1.82) is 0 Å². The fourth-order valence-corrected chi connectivity index (χ4v) is 2.11. The average Bonchev–Trinajstić information content (AvgIpc) is 1.78. The average molecular weight is 263 g/mol. The Balaban J connectivity index is 4.43. The smallest absolute Gasteiger partial charge is 0.335 e. The molecule has 0 saturated carbocycles. The van der Waals surface area contributed by atoms with Crippen molar-refractivity contribution >= 4 is 36.8 Å². The highest BCUT2D eigenvalue weighted by Gasteiger charge is 2.37. The molecule has 0 aliphatic heterocycles. The van der Waals surface area contributed by atoms with Crippen LogP contribution in [0.4, 0.5) is 0 Å². The van der Waals surface area contributed by atoms with Crippen molar-refractivity contribution in [2.75, 3.05) is 6.16 Å². The number of rotatable bonds is 4. The molecule has 0 spiro atoms. The molecule has 0 unspecified atom stereocenters. The Morgan fingerprint density at radius 1 is 1.57 bits per heavy atom. The standard InChI is InChI=1S/C6H9Cl2O5P/c1-4(2)5(9)13-6(7,8)3-14(10,11)12/h1,3H2,2H3,(H2,10,11,12). The topological polar surface area (TPSA) is 83.8 Å². The van der Waals surface area contributed by atoms with Crippen LogP contribution in [0.15, 0.2) is 12.2 Å². The van der Waals surface area contributed by atoms with Crippen molar-refractivity contribution in [3.05, 3.63) is 12.2 Å². The number of halogens is 2. The van der Waals surface area contributed by atoms with E-state index in [1.54, 1.807) is 0 Å². The molecule has 5 nitrogen and oxygen atoms in total. The maximum atomic E-state index is 10.9. The number of carbonyl (C=O) groups is 1. The highest BCUT2D eigenvalue weighted by Crippen LogP contribution is 2.43. The van der Waals surface area contributed by atoms with Gasteiger partial charge in [-0.1, -0.05) is 29.8 Å². The van der Waals surface area contributed by atoms with Gasteiger partial charge in [0.2, 0.25) is 0 Å². The van der Waals surface area contributed by atoms with Gasteiger partial charge in [-0.15, -0.1) is 0 Å². The van der Waals surface area contributed by atoms with E-state index in [1.165, 1.54) is 6.92 Å². The van der Waals surface area contributed by atoms with E-state index in [-0.39, 0.29) is 5.57 Å². The molecule has 0 aliphatic carbocycles. The second kappa shape index (κ2) is 4.64. The Morgan fingerprint density at radius 3 is 2.29 bits per heavy atom. The van der Waals surface area contributed by atoms with Gasteiger partial charge in [0.15, 0.2) is 0 Å². The summed E-state index contributed by atoms with van der Waals surface area (Å²) in [7, 11) is -4.44. The molecule has 0 rings (SSSR count). The van der Waals surface area contributed by atoms with Crippen molar-refractivity contribution in [2.24, 2.45) is 0 Å². The molecule has 0 atom stereocenters. The van der Waals surface area contributed by atoms with Crippen LogP contribution >= 0.6 is 30.8 Å². The molecule has 2 N–H and O–H groups in total. The Kier molecular flexibility index (Phi) is 4.62. The predicted molar refractivity (Wildman–Crippen MR) is 52.3 cm³/mol. The summed E-state index contributed by atoms with van der Waals surface area (Å²) in [5.41, 5.74) is 0.0291. The highest BCUT2D eigenvalue weighted by molar-refractivity contribution is 7.52. The molecule has 0 radical (unpaired) electrons. The molecule has 0 aromatic rings. The van der Waals surface area contributed by atoms with E-state index in [4.69, 9.17) is 33.0 Å². The zero-order valence-corrected chi connectivity index (χ0v) is 9.64. The summed E-state index contributed by atoms with van der Waals surface area (Å²) in [6, 6.07) is 0. The first-order valence-corrected chi connectivity index (χ1v) is 5.90. The summed E-state index contributed by atoms with van der Waals surface area (Å²) >= 11 is 10.7. The van der Waals surface area contributed by atoms with E-state index in [0.29, 0.717) is 0 Å². The minimum absolute atomic E-state index is 0.0291. The van der Waals surface area contributed by atoms with Gasteiger partial charge in [-0.2, -0.15) is 0 Å². The van der Waals surface area contributed by atoms with E-state index in [0.717, 1.165) is 0 Å². The predicted octanol–water partition coefficient (Wildman–Crippen LogP) is 1.41. The van der Waals surface area contributed by atoms with Gasteiger partial charge in [0.1, 0.15) is 6.16 Å². The van der Waals surface area contributed by atoms with E-state index < -0.39 is 24.2 Å². The minimum atomic E-state index is -4.44. The highest BCUT2D eigenvalue weighted by atomic mass is 35.5. The van der Waals surface area contributed by atoms with Crippen molar-refractivity contribution in [2.45, 2.75) is 11.4 Å². The van der Waals surface area contributed by atoms with Crippen LogP contribution in [0.5, 0.6) is 0 Å². The molecule has 8 heteroatoms. The van der Waals surface area contributed by atoms with E-state index in [9.17, 15) is 9.36 Å². The van der Waals surface area contributed by atoms with Crippen molar-refractivity contribution in [3.8, 4) is 0 Å². The van der Waals surface area contributed by atoms with Gasteiger partial charge in [0.25, 0.3) is 4.52 Å².